The fourth-order valence-corrected chi connectivity index (χ4v) is 2.08. The number of nitrogens with zero attached hydrogens (tertiary/aromatic N) is 2. The number of carboxylic acids is 1. The Morgan fingerprint density at radius 1 is 1.25 bits per heavy atom. The molecule has 100 valence electrons. The summed E-state index contributed by atoms with van der Waals surface area (Å²) in [6.45, 7) is 1.69. The summed E-state index contributed by atoms with van der Waals surface area (Å²) < 4.78 is 15.3. The second kappa shape index (κ2) is 4.45. The highest BCUT2D eigenvalue weighted by atomic mass is 19.1. The van der Waals surface area contributed by atoms with Crippen LogP contribution >= 0.6 is 0 Å². The third-order valence-electron chi connectivity index (χ3n) is 3.23. The molecule has 0 amide bonds. The molecule has 0 saturated heterocycles. The first-order valence-corrected chi connectivity index (χ1v) is 6.03. The van der Waals surface area contributed by atoms with Gasteiger partial charge in [0.1, 0.15) is 12.1 Å². The van der Waals surface area contributed by atoms with E-state index >= 15 is 0 Å². The minimum atomic E-state index is -1.00. The number of carbonyl (C=O) groups is 1. The molecule has 0 unspecified atom stereocenters. The van der Waals surface area contributed by atoms with Gasteiger partial charge >= 0.3 is 5.97 Å². The molecule has 3 aromatic rings. The Kier molecular flexibility index (Phi) is 2.75. The highest BCUT2D eigenvalue weighted by molar-refractivity contribution is 5.92. The van der Waals surface area contributed by atoms with Crippen molar-refractivity contribution in [3.63, 3.8) is 0 Å². The third kappa shape index (κ3) is 1.93. The van der Waals surface area contributed by atoms with Crippen LogP contribution in [0.2, 0.25) is 0 Å². The molecule has 0 aliphatic heterocycles. The highest BCUT2D eigenvalue weighted by Gasteiger charge is 2.10. The van der Waals surface area contributed by atoms with Crippen LogP contribution in [0.15, 0.2) is 42.7 Å². The Labute approximate surface area is 114 Å². The van der Waals surface area contributed by atoms with E-state index in [4.69, 9.17) is 5.11 Å². The van der Waals surface area contributed by atoms with Gasteiger partial charge in [0, 0.05) is 0 Å². The number of fused-ring (bicyclic) bond motifs is 1. The lowest BCUT2D eigenvalue weighted by Crippen LogP contribution is -1.98. The molecule has 20 heavy (non-hydrogen) atoms. The molecule has 1 aromatic heterocycles. The van der Waals surface area contributed by atoms with Gasteiger partial charge in [-0.2, -0.15) is 0 Å². The quantitative estimate of drug-likeness (QED) is 0.778. The van der Waals surface area contributed by atoms with Gasteiger partial charge < -0.3 is 5.11 Å². The van der Waals surface area contributed by atoms with Gasteiger partial charge in [-0.25, -0.2) is 14.2 Å². The number of carboxylic acid groups (broad SMARTS) is 1. The topological polar surface area (TPSA) is 55.1 Å². The number of hydrogen-bond acceptors (Lipinski definition) is 2. The van der Waals surface area contributed by atoms with Crippen LogP contribution in [0, 0.1) is 12.7 Å². The molecule has 0 aliphatic carbocycles. The minimum absolute atomic E-state index is 0.173. The van der Waals surface area contributed by atoms with Gasteiger partial charge in [0.25, 0.3) is 0 Å². The number of aromatic nitrogens is 2. The first kappa shape index (κ1) is 12.3. The summed E-state index contributed by atoms with van der Waals surface area (Å²) >= 11 is 0. The summed E-state index contributed by atoms with van der Waals surface area (Å²) in [5.74, 6) is -1.31. The number of aryl methyl sites for hydroxylation is 1. The normalized spacial score (nSPS) is 10.9. The first-order valence-electron chi connectivity index (χ1n) is 6.03. The second-order valence-electron chi connectivity index (χ2n) is 4.56. The van der Waals surface area contributed by atoms with Gasteiger partial charge in [0.2, 0.25) is 0 Å². The predicted octanol–water partition coefficient (Wildman–Crippen LogP) is 3.17. The molecule has 0 aliphatic rings. The van der Waals surface area contributed by atoms with Gasteiger partial charge in [-0.1, -0.05) is 6.07 Å². The van der Waals surface area contributed by atoms with Crippen molar-refractivity contribution in [3.8, 4) is 5.69 Å². The second-order valence-corrected chi connectivity index (χ2v) is 4.56. The average Bonchev–Trinajstić information content (AvgIpc) is 2.84. The minimum Gasteiger partial charge on any atom is -0.478 e. The number of benzene rings is 2. The number of halogens is 1. The van der Waals surface area contributed by atoms with E-state index in [-0.39, 0.29) is 11.4 Å². The third-order valence-corrected chi connectivity index (χ3v) is 3.23. The Morgan fingerprint density at radius 3 is 2.75 bits per heavy atom. The molecule has 0 atom stereocenters. The van der Waals surface area contributed by atoms with E-state index in [0.29, 0.717) is 22.3 Å². The van der Waals surface area contributed by atoms with Crippen LogP contribution in [0.5, 0.6) is 0 Å². The molecule has 0 radical (unpaired) electrons. The van der Waals surface area contributed by atoms with Crippen LogP contribution < -0.4 is 0 Å². The van der Waals surface area contributed by atoms with E-state index in [9.17, 15) is 9.18 Å². The van der Waals surface area contributed by atoms with Crippen molar-refractivity contribution in [2.75, 3.05) is 0 Å². The number of hydrogen-bond donors (Lipinski definition) is 1. The molecule has 4 nitrogen and oxygen atoms in total. The van der Waals surface area contributed by atoms with Gasteiger partial charge in [-0.3, -0.25) is 4.57 Å². The largest absolute Gasteiger partial charge is 0.478 e. The zero-order valence-corrected chi connectivity index (χ0v) is 10.7. The van der Waals surface area contributed by atoms with Gasteiger partial charge in [-0.15, -0.1) is 0 Å². The van der Waals surface area contributed by atoms with Crippen LogP contribution in [0.4, 0.5) is 4.39 Å². The van der Waals surface area contributed by atoms with Crippen LogP contribution in [-0.4, -0.2) is 20.6 Å². The molecule has 0 spiro atoms. The van der Waals surface area contributed by atoms with Crippen molar-refractivity contribution < 1.29 is 14.3 Å². The van der Waals surface area contributed by atoms with E-state index in [0.717, 1.165) is 0 Å². The smallest absolute Gasteiger partial charge is 0.335 e. The van der Waals surface area contributed by atoms with Crippen molar-refractivity contribution in [3.05, 3.63) is 59.7 Å². The Morgan fingerprint density at radius 2 is 2.05 bits per heavy atom. The number of imidazole rings is 1. The monoisotopic (exact) mass is 270 g/mol. The molecular weight excluding hydrogens is 259 g/mol. The molecule has 3 rings (SSSR count). The Bertz CT molecular complexity index is 824. The van der Waals surface area contributed by atoms with Crippen LogP contribution in [0.3, 0.4) is 0 Å². The predicted molar refractivity (Wildman–Crippen MR) is 72.7 cm³/mol. The van der Waals surface area contributed by atoms with Gasteiger partial charge in [0.15, 0.2) is 0 Å². The van der Waals surface area contributed by atoms with Gasteiger partial charge in [-0.05, 0) is 42.8 Å². The van der Waals surface area contributed by atoms with Crippen molar-refractivity contribution >= 4 is 17.0 Å². The fourth-order valence-electron chi connectivity index (χ4n) is 2.08. The zero-order valence-electron chi connectivity index (χ0n) is 10.7. The van der Waals surface area contributed by atoms with E-state index in [1.165, 1.54) is 18.2 Å². The zero-order chi connectivity index (χ0) is 14.3. The Balaban J connectivity index is 2.22. The van der Waals surface area contributed by atoms with E-state index in [1.54, 1.807) is 36.0 Å². The summed E-state index contributed by atoms with van der Waals surface area (Å²) in [7, 11) is 0. The summed E-state index contributed by atoms with van der Waals surface area (Å²) in [6, 6.07) is 9.52. The maximum Gasteiger partial charge on any atom is 0.335 e. The lowest BCUT2D eigenvalue weighted by atomic mass is 10.2. The highest BCUT2D eigenvalue weighted by Crippen LogP contribution is 2.21. The number of aromatic carboxylic acids is 1. The van der Waals surface area contributed by atoms with E-state index in [1.807, 2.05) is 0 Å². The molecular formula is C15H11FN2O2. The Hall–Kier alpha value is -2.69. The lowest BCUT2D eigenvalue weighted by Gasteiger charge is -2.06. The standard InChI is InChI=1S/C15H11FN2O2/c1-9-2-4-11(7-12(9)16)18-8-17-13-5-3-10(15(19)20)6-14(13)18/h2-8H,1H3,(H,19,20). The summed E-state index contributed by atoms with van der Waals surface area (Å²) in [5, 5.41) is 9.03. The summed E-state index contributed by atoms with van der Waals surface area (Å²) in [5.41, 5.74) is 2.64. The molecule has 0 saturated carbocycles. The average molecular weight is 270 g/mol. The van der Waals surface area contributed by atoms with Crippen LogP contribution in [0.1, 0.15) is 15.9 Å². The maximum atomic E-state index is 13.7. The first-order chi connectivity index (χ1) is 9.56. The number of rotatable bonds is 2. The van der Waals surface area contributed by atoms with E-state index in [2.05, 4.69) is 4.98 Å². The van der Waals surface area contributed by atoms with Crippen molar-refractivity contribution in [1.82, 2.24) is 9.55 Å². The van der Waals surface area contributed by atoms with Crippen molar-refractivity contribution in [2.45, 2.75) is 6.92 Å². The van der Waals surface area contributed by atoms with Crippen LogP contribution in [-0.2, 0) is 0 Å². The molecule has 0 fully saturated rings. The molecule has 0 bridgehead atoms. The van der Waals surface area contributed by atoms with Crippen molar-refractivity contribution in [1.29, 1.82) is 0 Å². The van der Waals surface area contributed by atoms with Crippen LogP contribution in [0.25, 0.3) is 16.7 Å². The SMILES string of the molecule is Cc1ccc(-n2cnc3ccc(C(=O)O)cc32)cc1F. The van der Waals surface area contributed by atoms with Crippen molar-refractivity contribution in [2.24, 2.45) is 0 Å². The molecule has 1 N–H and O–H groups in total. The summed E-state index contributed by atoms with van der Waals surface area (Å²) in [4.78, 5) is 15.2. The fraction of sp³-hybridized carbons (Fsp3) is 0.0667. The van der Waals surface area contributed by atoms with E-state index < -0.39 is 5.97 Å². The maximum absolute atomic E-state index is 13.7. The molecule has 5 heteroatoms. The lowest BCUT2D eigenvalue weighted by molar-refractivity contribution is 0.0697. The molecule has 1 heterocycles. The summed E-state index contributed by atoms with van der Waals surface area (Å²) in [6.07, 6.45) is 1.56. The molecule has 2 aromatic carbocycles. The van der Waals surface area contributed by atoms with Gasteiger partial charge in [0.05, 0.1) is 22.3 Å².